The fourth-order valence-electron chi connectivity index (χ4n) is 2.86. The van der Waals surface area contributed by atoms with E-state index in [0.29, 0.717) is 22.0 Å². The number of methoxy groups -OCH3 is 1. The SMILES string of the molecule is COc1ccc(C(=O)Nc2ccc(-c3nc4ccc(C)cc4s3)cc2)cc1Cl. The van der Waals surface area contributed by atoms with Gasteiger partial charge in [-0.05, 0) is 67.1 Å². The smallest absolute Gasteiger partial charge is 0.255 e. The highest BCUT2D eigenvalue weighted by molar-refractivity contribution is 7.21. The zero-order valence-electron chi connectivity index (χ0n) is 15.3. The highest BCUT2D eigenvalue weighted by Crippen LogP contribution is 2.31. The van der Waals surface area contributed by atoms with Crippen molar-refractivity contribution in [1.82, 2.24) is 4.98 Å². The fraction of sp³-hybridized carbons (Fsp3) is 0.0909. The third-order valence-corrected chi connectivity index (χ3v) is 5.71. The number of thiazole rings is 1. The summed E-state index contributed by atoms with van der Waals surface area (Å²) in [4.78, 5) is 17.1. The Bertz CT molecular complexity index is 1170. The van der Waals surface area contributed by atoms with E-state index in [0.717, 1.165) is 16.1 Å². The monoisotopic (exact) mass is 408 g/mol. The number of benzene rings is 3. The van der Waals surface area contributed by atoms with Crippen molar-refractivity contribution in [3.8, 4) is 16.3 Å². The van der Waals surface area contributed by atoms with Crippen LogP contribution in [0.4, 0.5) is 5.69 Å². The lowest BCUT2D eigenvalue weighted by Crippen LogP contribution is -2.11. The summed E-state index contributed by atoms with van der Waals surface area (Å²) in [5.41, 5.74) is 4.41. The van der Waals surface area contributed by atoms with Crippen LogP contribution in [-0.4, -0.2) is 18.0 Å². The molecule has 1 heterocycles. The van der Waals surface area contributed by atoms with Crippen LogP contribution in [0.25, 0.3) is 20.8 Å². The molecule has 1 N–H and O–H groups in total. The Morgan fingerprint density at radius 1 is 1.07 bits per heavy atom. The van der Waals surface area contributed by atoms with E-state index in [-0.39, 0.29) is 5.91 Å². The first-order chi connectivity index (χ1) is 13.5. The number of ether oxygens (including phenoxy) is 1. The highest BCUT2D eigenvalue weighted by atomic mass is 35.5. The summed E-state index contributed by atoms with van der Waals surface area (Å²) in [6.07, 6.45) is 0. The molecule has 28 heavy (non-hydrogen) atoms. The standard InChI is InChI=1S/C22H17ClN2O2S/c1-13-3-9-18-20(11-13)28-22(25-18)14-4-7-16(8-5-14)24-21(26)15-6-10-19(27-2)17(23)12-15/h3-12H,1-2H3,(H,24,26). The highest BCUT2D eigenvalue weighted by Gasteiger charge is 2.11. The molecule has 4 nitrogen and oxygen atoms in total. The first-order valence-electron chi connectivity index (χ1n) is 8.66. The molecule has 0 atom stereocenters. The van der Waals surface area contributed by atoms with Crippen LogP contribution >= 0.6 is 22.9 Å². The van der Waals surface area contributed by atoms with Crippen LogP contribution < -0.4 is 10.1 Å². The lowest BCUT2D eigenvalue weighted by Gasteiger charge is -2.08. The molecule has 0 spiro atoms. The van der Waals surface area contributed by atoms with E-state index >= 15 is 0 Å². The number of anilines is 1. The van der Waals surface area contributed by atoms with Gasteiger partial charge in [-0.2, -0.15) is 0 Å². The Morgan fingerprint density at radius 2 is 1.86 bits per heavy atom. The van der Waals surface area contributed by atoms with Crippen molar-refractivity contribution < 1.29 is 9.53 Å². The van der Waals surface area contributed by atoms with E-state index < -0.39 is 0 Å². The van der Waals surface area contributed by atoms with Crippen molar-refractivity contribution in [2.45, 2.75) is 6.92 Å². The summed E-state index contributed by atoms with van der Waals surface area (Å²) in [6, 6.07) is 18.9. The summed E-state index contributed by atoms with van der Waals surface area (Å²) < 4.78 is 6.28. The molecule has 3 aromatic carbocycles. The molecule has 4 aromatic rings. The van der Waals surface area contributed by atoms with Gasteiger partial charge in [-0.1, -0.05) is 17.7 Å². The van der Waals surface area contributed by atoms with Crippen molar-refractivity contribution in [2.24, 2.45) is 0 Å². The number of aryl methyl sites for hydroxylation is 1. The van der Waals surface area contributed by atoms with Crippen molar-refractivity contribution in [3.63, 3.8) is 0 Å². The van der Waals surface area contributed by atoms with E-state index in [1.54, 1.807) is 29.5 Å². The molecule has 0 aliphatic rings. The van der Waals surface area contributed by atoms with Gasteiger partial charge >= 0.3 is 0 Å². The molecular formula is C22H17ClN2O2S. The van der Waals surface area contributed by atoms with E-state index in [9.17, 15) is 4.79 Å². The van der Waals surface area contributed by atoms with Gasteiger partial charge in [0.2, 0.25) is 0 Å². The number of hydrogen-bond donors (Lipinski definition) is 1. The molecule has 6 heteroatoms. The quantitative estimate of drug-likeness (QED) is 0.438. The van der Waals surface area contributed by atoms with E-state index in [1.807, 2.05) is 30.3 Å². The lowest BCUT2D eigenvalue weighted by atomic mass is 10.1. The molecule has 0 unspecified atom stereocenters. The summed E-state index contributed by atoms with van der Waals surface area (Å²) in [5.74, 6) is 0.307. The molecule has 0 aliphatic carbocycles. The van der Waals surface area contributed by atoms with Gasteiger partial charge in [-0.15, -0.1) is 11.3 Å². The van der Waals surface area contributed by atoms with Crippen molar-refractivity contribution in [3.05, 3.63) is 76.8 Å². The zero-order chi connectivity index (χ0) is 19.7. The summed E-state index contributed by atoms with van der Waals surface area (Å²) in [6.45, 7) is 2.08. The number of carbonyl (C=O) groups is 1. The van der Waals surface area contributed by atoms with Gasteiger partial charge < -0.3 is 10.1 Å². The van der Waals surface area contributed by atoms with E-state index in [4.69, 9.17) is 21.3 Å². The maximum Gasteiger partial charge on any atom is 0.255 e. The fourth-order valence-corrected chi connectivity index (χ4v) is 4.19. The molecule has 1 amide bonds. The normalized spacial score (nSPS) is 10.8. The molecule has 1 aromatic heterocycles. The number of nitrogens with one attached hydrogen (secondary N) is 1. The van der Waals surface area contributed by atoms with Crippen LogP contribution in [-0.2, 0) is 0 Å². The van der Waals surface area contributed by atoms with Crippen molar-refractivity contribution in [2.75, 3.05) is 12.4 Å². The molecule has 0 aliphatic heterocycles. The largest absolute Gasteiger partial charge is 0.495 e. The molecule has 140 valence electrons. The Hall–Kier alpha value is -2.89. The number of nitrogens with zero attached hydrogens (tertiary/aromatic N) is 1. The summed E-state index contributed by atoms with van der Waals surface area (Å²) in [7, 11) is 1.54. The molecule has 0 saturated heterocycles. The third kappa shape index (κ3) is 3.72. The minimum atomic E-state index is -0.229. The number of rotatable bonds is 4. The lowest BCUT2D eigenvalue weighted by molar-refractivity contribution is 0.102. The molecule has 4 rings (SSSR count). The molecule has 0 radical (unpaired) electrons. The minimum Gasteiger partial charge on any atom is -0.495 e. The Kier molecular flexibility index (Phi) is 5.03. The second-order valence-corrected chi connectivity index (χ2v) is 7.81. The number of aromatic nitrogens is 1. The summed E-state index contributed by atoms with van der Waals surface area (Å²) >= 11 is 7.76. The van der Waals surface area contributed by atoms with E-state index in [1.165, 1.54) is 17.4 Å². The molecule has 0 saturated carbocycles. The second-order valence-electron chi connectivity index (χ2n) is 6.37. The van der Waals surface area contributed by atoms with Gasteiger partial charge in [0.05, 0.1) is 22.3 Å². The first kappa shape index (κ1) is 18.5. The Labute approximate surface area is 171 Å². The van der Waals surface area contributed by atoms with Crippen LogP contribution in [0, 0.1) is 6.92 Å². The number of hydrogen-bond acceptors (Lipinski definition) is 4. The Morgan fingerprint density at radius 3 is 2.57 bits per heavy atom. The van der Waals surface area contributed by atoms with Crippen LogP contribution in [0.2, 0.25) is 5.02 Å². The van der Waals surface area contributed by atoms with Gasteiger partial charge in [0.25, 0.3) is 5.91 Å². The average molecular weight is 409 g/mol. The van der Waals surface area contributed by atoms with Crippen LogP contribution in [0.1, 0.15) is 15.9 Å². The molecule has 0 fully saturated rings. The predicted molar refractivity (Wildman–Crippen MR) is 116 cm³/mol. The number of carbonyl (C=O) groups excluding carboxylic acids is 1. The zero-order valence-corrected chi connectivity index (χ0v) is 16.9. The Balaban J connectivity index is 1.52. The molecule has 0 bridgehead atoms. The maximum absolute atomic E-state index is 12.4. The minimum absolute atomic E-state index is 0.229. The van der Waals surface area contributed by atoms with Gasteiger partial charge in [0.15, 0.2) is 0 Å². The average Bonchev–Trinajstić information content (AvgIpc) is 3.11. The van der Waals surface area contributed by atoms with Gasteiger partial charge in [-0.25, -0.2) is 4.98 Å². The van der Waals surface area contributed by atoms with Crippen molar-refractivity contribution in [1.29, 1.82) is 0 Å². The summed E-state index contributed by atoms with van der Waals surface area (Å²) in [5, 5.41) is 4.24. The number of amides is 1. The predicted octanol–water partition coefficient (Wildman–Crippen LogP) is 6.19. The third-order valence-electron chi connectivity index (χ3n) is 4.35. The maximum atomic E-state index is 12.4. The topological polar surface area (TPSA) is 51.2 Å². The van der Waals surface area contributed by atoms with Crippen LogP contribution in [0.15, 0.2) is 60.7 Å². The van der Waals surface area contributed by atoms with Crippen LogP contribution in [0.5, 0.6) is 5.75 Å². The molecular weight excluding hydrogens is 392 g/mol. The first-order valence-corrected chi connectivity index (χ1v) is 9.85. The van der Waals surface area contributed by atoms with Crippen molar-refractivity contribution >= 4 is 44.7 Å². The van der Waals surface area contributed by atoms with E-state index in [2.05, 4.69) is 24.4 Å². The number of halogens is 1. The van der Waals surface area contributed by atoms with Gasteiger partial charge in [0.1, 0.15) is 10.8 Å². The van der Waals surface area contributed by atoms with Gasteiger partial charge in [-0.3, -0.25) is 4.79 Å². The second kappa shape index (κ2) is 7.62. The number of fused-ring (bicyclic) bond motifs is 1. The van der Waals surface area contributed by atoms with Gasteiger partial charge in [0, 0.05) is 16.8 Å². The van der Waals surface area contributed by atoms with Crippen LogP contribution in [0.3, 0.4) is 0 Å².